The first-order chi connectivity index (χ1) is 16.5. The molecule has 3 aromatic rings. The van der Waals surface area contributed by atoms with Gasteiger partial charge in [0.05, 0.1) is 4.92 Å². The largest absolute Gasteiger partial charge is 0.383 e. The van der Waals surface area contributed by atoms with Crippen molar-refractivity contribution < 1.29 is 22.3 Å². The van der Waals surface area contributed by atoms with E-state index >= 15 is 0 Å². The summed E-state index contributed by atoms with van der Waals surface area (Å²) in [7, 11) is -4.30. The molecule has 0 saturated carbocycles. The number of unbranched alkanes of at least 4 members (excludes halogenated alkanes) is 1. The lowest BCUT2D eigenvalue weighted by Crippen LogP contribution is -2.38. The lowest BCUT2D eigenvalue weighted by molar-refractivity contribution is -0.384. The summed E-state index contributed by atoms with van der Waals surface area (Å²) in [6.07, 6.45) is 1.30. The van der Waals surface area contributed by atoms with Crippen molar-refractivity contribution in [1.82, 2.24) is 9.55 Å². The maximum atomic E-state index is 12.6. The Morgan fingerprint density at radius 2 is 1.77 bits per heavy atom. The number of hydrogen-bond donors (Lipinski definition) is 3. The van der Waals surface area contributed by atoms with Crippen LogP contribution in [0.2, 0.25) is 0 Å². The third-order valence-electron chi connectivity index (χ3n) is 4.85. The van der Waals surface area contributed by atoms with Crippen LogP contribution in [0.5, 0.6) is 5.75 Å². The number of aromatic amines is 1. The normalized spacial score (nSPS) is 11.1. The number of nitrogen functional groups attached to an aromatic ring is 1. The van der Waals surface area contributed by atoms with Crippen LogP contribution < -0.4 is 26.5 Å². The zero-order chi connectivity index (χ0) is 25.8. The van der Waals surface area contributed by atoms with Crippen LogP contribution in [-0.2, 0) is 16.7 Å². The van der Waals surface area contributed by atoms with Gasteiger partial charge in [0.25, 0.3) is 17.2 Å². The Morgan fingerprint density at radius 1 is 1.14 bits per heavy atom. The summed E-state index contributed by atoms with van der Waals surface area (Å²) in [5, 5.41) is 13.1. The second-order valence-electron chi connectivity index (χ2n) is 7.30. The predicted molar refractivity (Wildman–Crippen MR) is 126 cm³/mol. The SMILES string of the molecule is CCCCn1c(=O)[nH]c(N)c(NC(=O)c2ccc(S(=O)(=O)Oc3ccc([N+](=O)[O-])cc3)cc2)c1=O. The molecule has 0 aliphatic heterocycles. The maximum absolute atomic E-state index is 12.6. The van der Waals surface area contributed by atoms with E-state index in [2.05, 4.69) is 10.3 Å². The van der Waals surface area contributed by atoms with Gasteiger partial charge in [-0.3, -0.25) is 29.3 Å². The third kappa shape index (κ3) is 5.73. The van der Waals surface area contributed by atoms with Crippen LogP contribution in [0.4, 0.5) is 17.2 Å². The molecule has 184 valence electrons. The molecule has 1 aromatic heterocycles. The van der Waals surface area contributed by atoms with Crippen molar-refractivity contribution >= 4 is 33.2 Å². The van der Waals surface area contributed by atoms with Gasteiger partial charge >= 0.3 is 15.8 Å². The molecule has 13 nitrogen and oxygen atoms in total. The number of nitrogens with one attached hydrogen (secondary N) is 2. The van der Waals surface area contributed by atoms with Crippen LogP contribution in [0, 0.1) is 10.1 Å². The van der Waals surface area contributed by atoms with Crippen LogP contribution in [0.1, 0.15) is 30.1 Å². The summed E-state index contributed by atoms with van der Waals surface area (Å²) in [5.74, 6) is -1.20. The van der Waals surface area contributed by atoms with E-state index in [9.17, 15) is 32.9 Å². The number of carbonyl (C=O) groups excluding carboxylic acids is 1. The second kappa shape index (κ2) is 10.2. The Balaban J connectivity index is 1.78. The van der Waals surface area contributed by atoms with Gasteiger partial charge in [0.1, 0.15) is 22.2 Å². The summed E-state index contributed by atoms with van der Waals surface area (Å²) >= 11 is 0. The van der Waals surface area contributed by atoms with Crippen LogP contribution in [-0.4, -0.2) is 28.8 Å². The molecule has 14 heteroatoms. The van der Waals surface area contributed by atoms with Gasteiger partial charge in [-0.15, -0.1) is 0 Å². The molecule has 4 N–H and O–H groups in total. The number of carbonyl (C=O) groups is 1. The highest BCUT2D eigenvalue weighted by atomic mass is 32.2. The molecule has 0 spiro atoms. The number of nitrogens with zero attached hydrogens (tertiary/aromatic N) is 2. The molecule has 35 heavy (non-hydrogen) atoms. The summed E-state index contributed by atoms with van der Waals surface area (Å²) in [6.45, 7) is 2.04. The number of benzene rings is 2. The van der Waals surface area contributed by atoms with E-state index in [-0.39, 0.29) is 39.9 Å². The molecule has 0 fully saturated rings. The molecular formula is C21H21N5O8S. The first kappa shape index (κ1) is 25.2. The van der Waals surface area contributed by atoms with Crippen molar-refractivity contribution in [3.8, 4) is 5.75 Å². The summed E-state index contributed by atoms with van der Waals surface area (Å²) in [5.41, 5.74) is 3.73. The van der Waals surface area contributed by atoms with Crippen LogP contribution in [0.25, 0.3) is 0 Å². The zero-order valence-electron chi connectivity index (χ0n) is 18.4. The summed E-state index contributed by atoms with van der Waals surface area (Å²) in [6, 6.07) is 9.08. The number of nitro groups is 1. The van der Waals surface area contributed by atoms with E-state index in [0.717, 1.165) is 47.4 Å². The fraction of sp³-hybridized carbons (Fsp3) is 0.190. The van der Waals surface area contributed by atoms with E-state index in [1.807, 2.05) is 6.92 Å². The molecule has 3 rings (SSSR count). The molecule has 1 amide bonds. The van der Waals surface area contributed by atoms with Crippen LogP contribution in [0.3, 0.4) is 0 Å². The van der Waals surface area contributed by atoms with Gasteiger partial charge in [-0.05, 0) is 42.8 Å². The first-order valence-electron chi connectivity index (χ1n) is 10.3. The molecule has 0 bridgehead atoms. The number of hydrogen-bond acceptors (Lipinski definition) is 9. The minimum absolute atomic E-state index is 0.00407. The van der Waals surface area contributed by atoms with Crippen LogP contribution >= 0.6 is 0 Å². The number of nitrogens with two attached hydrogens (primary N) is 1. The van der Waals surface area contributed by atoms with Crippen molar-refractivity contribution in [3.05, 3.63) is 85.0 Å². The van der Waals surface area contributed by atoms with Gasteiger partial charge in [0.2, 0.25) is 0 Å². The monoisotopic (exact) mass is 503 g/mol. The Kier molecular flexibility index (Phi) is 7.34. The third-order valence-corrected chi connectivity index (χ3v) is 6.11. The molecule has 0 saturated heterocycles. The molecule has 0 atom stereocenters. The standard InChI is InChI=1S/C21H21N5O8S/c1-2-3-12-25-20(28)17(18(22)24-21(25)29)23-19(27)13-4-10-16(11-5-13)35(32,33)34-15-8-6-14(7-9-15)26(30)31/h4-11H,2-3,12,22H2,1H3,(H,23,27)(H,24,29). The Hall–Kier alpha value is -4.46. The van der Waals surface area contributed by atoms with E-state index in [1.54, 1.807) is 0 Å². The Labute approximate surface area is 198 Å². The average molecular weight is 503 g/mol. The minimum atomic E-state index is -4.30. The molecule has 1 heterocycles. The van der Waals surface area contributed by atoms with Crippen molar-refractivity contribution in [2.45, 2.75) is 31.2 Å². The summed E-state index contributed by atoms with van der Waals surface area (Å²) in [4.78, 5) is 49.3. The highest BCUT2D eigenvalue weighted by Gasteiger charge is 2.20. The average Bonchev–Trinajstić information content (AvgIpc) is 2.81. The smallest absolute Gasteiger partial charge is 0.339 e. The number of nitro benzene ring substituents is 1. The van der Waals surface area contributed by atoms with Gasteiger partial charge < -0.3 is 15.2 Å². The van der Waals surface area contributed by atoms with Crippen molar-refractivity contribution in [1.29, 1.82) is 0 Å². The topological polar surface area (TPSA) is 196 Å². The molecule has 0 unspecified atom stereocenters. The lowest BCUT2D eigenvalue weighted by atomic mass is 10.2. The molecule has 0 radical (unpaired) electrons. The predicted octanol–water partition coefficient (Wildman–Crippen LogP) is 1.85. The highest BCUT2D eigenvalue weighted by molar-refractivity contribution is 7.87. The van der Waals surface area contributed by atoms with E-state index in [1.165, 1.54) is 12.1 Å². The highest BCUT2D eigenvalue weighted by Crippen LogP contribution is 2.22. The van der Waals surface area contributed by atoms with Gasteiger partial charge in [0, 0.05) is 24.2 Å². The number of amides is 1. The number of rotatable bonds is 9. The maximum Gasteiger partial charge on any atom is 0.339 e. The Bertz CT molecular complexity index is 1480. The van der Waals surface area contributed by atoms with E-state index in [0.29, 0.717) is 6.42 Å². The summed E-state index contributed by atoms with van der Waals surface area (Å²) < 4.78 is 30.9. The quantitative estimate of drug-likeness (QED) is 0.222. The van der Waals surface area contributed by atoms with E-state index in [4.69, 9.17) is 9.92 Å². The van der Waals surface area contributed by atoms with Gasteiger partial charge in [0.15, 0.2) is 0 Å². The van der Waals surface area contributed by atoms with Crippen molar-refractivity contribution in [3.63, 3.8) is 0 Å². The van der Waals surface area contributed by atoms with Crippen molar-refractivity contribution in [2.75, 3.05) is 11.1 Å². The number of aromatic nitrogens is 2. The van der Waals surface area contributed by atoms with Gasteiger partial charge in [-0.1, -0.05) is 13.3 Å². The number of non-ortho nitro benzene ring substituents is 1. The fourth-order valence-electron chi connectivity index (χ4n) is 2.98. The molecule has 0 aliphatic rings. The lowest BCUT2D eigenvalue weighted by Gasteiger charge is -2.11. The minimum Gasteiger partial charge on any atom is -0.383 e. The fourth-order valence-corrected chi connectivity index (χ4v) is 3.91. The number of H-pyrrole nitrogens is 1. The number of anilines is 2. The van der Waals surface area contributed by atoms with Gasteiger partial charge in [-0.25, -0.2) is 4.79 Å². The Morgan fingerprint density at radius 3 is 2.34 bits per heavy atom. The zero-order valence-corrected chi connectivity index (χ0v) is 19.2. The van der Waals surface area contributed by atoms with Crippen LogP contribution in [0.15, 0.2) is 63.0 Å². The molecule has 0 aliphatic carbocycles. The first-order valence-corrected chi connectivity index (χ1v) is 11.7. The second-order valence-corrected chi connectivity index (χ2v) is 8.84. The molecular weight excluding hydrogens is 482 g/mol. The van der Waals surface area contributed by atoms with Gasteiger partial charge in [-0.2, -0.15) is 8.42 Å². The van der Waals surface area contributed by atoms with Crippen molar-refractivity contribution in [2.24, 2.45) is 0 Å². The molecule has 2 aromatic carbocycles. The van der Waals surface area contributed by atoms with E-state index < -0.39 is 32.2 Å².